The van der Waals surface area contributed by atoms with Gasteiger partial charge in [0.2, 0.25) is 0 Å². The number of hydrogen-bond acceptors (Lipinski definition) is 4. The van der Waals surface area contributed by atoms with Crippen LogP contribution in [0.5, 0.6) is 17.2 Å². The van der Waals surface area contributed by atoms with Gasteiger partial charge in [-0.1, -0.05) is 11.6 Å². The molecule has 0 bridgehead atoms. The van der Waals surface area contributed by atoms with Gasteiger partial charge in [-0.05, 0) is 30.3 Å². The van der Waals surface area contributed by atoms with Gasteiger partial charge in [0.25, 0.3) is 0 Å². The fraction of sp³-hybridized carbons (Fsp3) is 0.200. The van der Waals surface area contributed by atoms with E-state index in [4.69, 9.17) is 21.1 Å². The largest absolute Gasteiger partial charge is 0.508 e. The van der Waals surface area contributed by atoms with Crippen molar-refractivity contribution >= 4 is 17.3 Å². The highest BCUT2D eigenvalue weighted by Crippen LogP contribution is 2.30. The van der Waals surface area contributed by atoms with Crippen LogP contribution in [0, 0.1) is 0 Å². The average molecular weight is 294 g/mol. The Bertz CT molecular complexity index is 602. The van der Waals surface area contributed by atoms with Crippen LogP contribution >= 0.6 is 11.6 Å². The predicted octanol–water partition coefficient (Wildman–Crippen LogP) is 3.67. The second-order valence-electron chi connectivity index (χ2n) is 4.19. The molecule has 0 saturated carbocycles. The van der Waals surface area contributed by atoms with Crippen LogP contribution in [0.25, 0.3) is 0 Å². The molecule has 106 valence electrons. The molecular weight excluding hydrogens is 278 g/mol. The van der Waals surface area contributed by atoms with Gasteiger partial charge < -0.3 is 19.9 Å². The third-order valence-corrected chi connectivity index (χ3v) is 3.15. The number of anilines is 1. The number of halogens is 1. The van der Waals surface area contributed by atoms with E-state index in [0.29, 0.717) is 22.9 Å². The summed E-state index contributed by atoms with van der Waals surface area (Å²) in [6.07, 6.45) is 0. The number of phenolic OH excluding ortho intramolecular Hbond substituents is 1. The fourth-order valence-electron chi connectivity index (χ4n) is 1.84. The molecule has 0 aliphatic carbocycles. The number of nitrogens with one attached hydrogen (secondary N) is 1. The van der Waals surface area contributed by atoms with Crippen molar-refractivity contribution in [2.45, 2.75) is 6.54 Å². The standard InChI is InChI=1S/C15H16ClNO3/c1-19-12-4-6-15(20-2)13(8-12)17-9-10-7-11(16)3-5-14(10)18/h3-8,17-18H,9H2,1-2H3. The van der Waals surface area contributed by atoms with Crippen LogP contribution in [-0.2, 0) is 6.54 Å². The lowest BCUT2D eigenvalue weighted by Gasteiger charge is -2.13. The lowest BCUT2D eigenvalue weighted by molar-refractivity contribution is 0.404. The maximum atomic E-state index is 9.79. The van der Waals surface area contributed by atoms with E-state index in [-0.39, 0.29) is 5.75 Å². The van der Waals surface area contributed by atoms with Crippen LogP contribution in [0.2, 0.25) is 5.02 Å². The summed E-state index contributed by atoms with van der Waals surface area (Å²) in [5.41, 5.74) is 1.49. The van der Waals surface area contributed by atoms with Gasteiger partial charge in [0, 0.05) is 23.2 Å². The summed E-state index contributed by atoms with van der Waals surface area (Å²) < 4.78 is 10.5. The van der Waals surface area contributed by atoms with Crippen molar-refractivity contribution < 1.29 is 14.6 Å². The van der Waals surface area contributed by atoms with Crippen molar-refractivity contribution in [2.75, 3.05) is 19.5 Å². The van der Waals surface area contributed by atoms with Crippen LogP contribution < -0.4 is 14.8 Å². The highest BCUT2D eigenvalue weighted by molar-refractivity contribution is 6.30. The monoisotopic (exact) mass is 293 g/mol. The maximum Gasteiger partial charge on any atom is 0.142 e. The quantitative estimate of drug-likeness (QED) is 0.883. The Morgan fingerprint density at radius 2 is 1.90 bits per heavy atom. The molecule has 0 amide bonds. The van der Waals surface area contributed by atoms with Crippen LogP contribution in [0.4, 0.5) is 5.69 Å². The molecule has 0 heterocycles. The molecule has 4 nitrogen and oxygen atoms in total. The third kappa shape index (κ3) is 3.27. The molecular formula is C15H16ClNO3. The SMILES string of the molecule is COc1ccc(OC)c(NCc2cc(Cl)ccc2O)c1. The van der Waals surface area contributed by atoms with Crippen molar-refractivity contribution in [1.82, 2.24) is 0 Å². The zero-order valence-electron chi connectivity index (χ0n) is 11.3. The van der Waals surface area contributed by atoms with E-state index in [1.54, 1.807) is 32.4 Å². The Labute approximate surface area is 122 Å². The summed E-state index contributed by atoms with van der Waals surface area (Å²) in [5.74, 6) is 1.62. The van der Waals surface area contributed by atoms with Crippen molar-refractivity contribution in [2.24, 2.45) is 0 Å². The number of benzene rings is 2. The van der Waals surface area contributed by atoms with Gasteiger partial charge in [0.15, 0.2) is 0 Å². The Balaban J connectivity index is 2.19. The summed E-state index contributed by atoms with van der Waals surface area (Å²) in [6, 6.07) is 10.4. The first-order chi connectivity index (χ1) is 9.63. The van der Waals surface area contributed by atoms with Gasteiger partial charge >= 0.3 is 0 Å². The van der Waals surface area contributed by atoms with E-state index < -0.39 is 0 Å². The molecule has 0 fully saturated rings. The van der Waals surface area contributed by atoms with E-state index >= 15 is 0 Å². The summed E-state index contributed by atoms with van der Waals surface area (Å²) in [6.45, 7) is 0.427. The number of phenols is 1. The molecule has 0 aliphatic rings. The van der Waals surface area contributed by atoms with Gasteiger partial charge in [0.05, 0.1) is 19.9 Å². The van der Waals surface area contributed by atoms with E-state index in [0.717, 1.165) is 11.4 Å². The zero-order valence-corrected chi connectivity index (χ0v) is 12.1. The number of ether oxygens (including phenoxy) is 2. The van der Waals surface area contributed by atoms with Gasteiger partial charge in [-0.3, -0.25) is 0 Å². The predicted molar refractivity (Wildman–Crippen MR) is 80.0 cm³/mol. The normalized spacial score (nSPS) is 10.2. The molecule has 20 heavy (non-hydrogen) atoms. The Morgan fingerprint density at radius 3 is 2.60 bits per heavy atom. The average Bonchev–Trinajstić information content (AvgIpc) is 2.47. The fourth-order valence-corrected chi connectivity index (χ4v) is 2.03. The van der Waals surface area contributed by atoms with Crippen molar-refractivity contribution in [1.29, 1.82) is 0 Å². The second-order valence-corrected chi connectivity index (χ2v) is 4.63. The summed E-state index contributed by atoms with van der Waals surface area (Å²) in [5, 5.41) is 13.6. The van der Waals surface area contributed by atoms with Gasteiger partial charge in [0.1, 0.15) is 17.2 Å². The summed E-state index contributed by atoms with van der Waals surface area (Å²) >= 11 is 5.92. The molecule has 2 aromatic rings. The lowest BCUT2D eigenvalue weighted by atomic mass is 10.2. The summed E-state index contributed by atoms with van der Waals surface area (Å²) in [4.78, 5) is 0. The molecule has 2 N–H and O–H groups in total. The topological polar surface area (TPSA) is 50.7 Å². The molecule has 2 aromatic carbocycles. The molecule has 5 heteroatoms. The summed E-state index contributed by atoms with van der Waals surface area (Å²) in [7, 11) is 3.21. The zero-order chi connectivity index (χ0) is 14.5. The first-order valence-electron chi connectivity index (χ1n) is 6.07. The van der Waals surface area contributed by atoms with E-state index in [9.17, 15) is 5.11 Å². The van der Waals surface area contributed by atoms with Crippen molar-refractivity contribution in [3.05, 3.63) is 47.0 Å². The van der Waals surface area contributed by atoms with Gasteiger partial charge in [-0.2, -0.15) is 0 Å². The van der Waals surface area contributed by atoms with E-state index in [1.165, 1.54) is 0 Å². The van der Waals surface area contributed by atoms with Crippen molar-refractivity contribution in [3.8, 4) is 17.2 Å². The molecule has 0 aliphatic heterocycles. The minimum atomic E-state index is 0.198. The van der Waals surface area contributed by atoms with Crippen LogP contribution in [0.15, 0.2) is 36.4 Å². The first-order valence-corrected chi connectivity index (χ1v) is 6.45. The number of aromatic hydroxyl groups is 1. The maximum absolute atomic E-state index is 9.79. The van der Waals surface area contributed by atoms with Gasteiger partial charge in [-0.25, -0.2) is 0 Å². The highest BCUT2D eigenvalue weighted by atomic mass is 35.5. The number of hydrogen-bond donors (Lipinski definition) is 2. The van der Waals surface area contributed by atoms with E-state index in [1.807, 2.05) is 18.2 Å². The van der Waals surface area contributed by atoms with Crippen LogP contribution in [0.3, 0.4) is 0 Å². The van der Waals surface area contributed by atoms with E-state index in [2.05, 4.69) is 5.32 Å². The Hall–Kier alpha value is -2.07. The van der Waals surface area contributed by atoms with Crippen molar-refractivity contribution in [3.63, 3.8) is 0 Å². The molecule has 0 radical (unpaired) electrons. The molecule has 0 unspecified atom stereocenters. The first kappa shape index (κ1) is 14.3. The molecule has 0 spiro atoms. The number of rotatable bonds is 5. The van der Waals surface area contributed by atoms with Crippen LogP contribution in [0.1, 0.15) is 5.56 Å². The third-order valence-electron chi connectivity index (χ3n) is 2.92. The number of methoxy groups -OCH3 is 2. The van der Waals surface area contributed by atoms with Crippen LogP contribution in [-0.4, -0.2) is 19.3 Å². The lowest BCUT2D eigenvalue weighted by Crippen LogP contribution is -2.02. The minimum Gasteiger partial charge on any atom is -0.508 e. The van der Waals surface area contributed by atoms with Gasteiger partial charge in [-0.15, -0.1) is 0 Å². The minimum absolute atomic E-state index is 0.198. The molecule has 0 aromatic heterocycles. The molecule has 2 rings (SSSR count). The second kappa shape index (κ2) is 6.39. The Morgan fingerprint density at radius 1 is 1.10 bits per heavy atom. The highest BCUT2D eigenvalue weighted by Gasteiger charge is 2.07. The smallest absolute Gasteiger partial charge is 0.142 e. The molecule has 0 saturated heterocycles. The molecule has 0 atom stereocenters. The Kier molecular flexibility index (Phi) is 4.58.